The first kappa shape index (κ1) is 20.9. The summed E-state index contributed by atoms with van der Waals surface area (Å²) in [5.41, 5.74) is 4.83. The average Bonchev–Trinajstić information content (AvgIpc) is 3.46. The summed E-state index contributed by atoms with van der Waals surface area (Å²) in [6.07, 6.45) is -0.743. The molecule has 172 valence electrons. The molecule has 1 unspecified atom stereocenters. The van der Waals surface area contributed by atoms with Gasteiger partial charge in [0.1, 0.15) is 17.3 Å². The number of carbonyl (C=O) groups is 1. The van der Waals surface area contributed by atoms with E-state index in [2.05, 4.69) is 20.5 Å². The standard InChI is InChI=1S/C27H22N6O2/c1-16-31-32-26-25(30-27(34)22-14-18-12-13-19(35-2)15-21(18)28-22)29-24(17-8-4-3-5-9-17)20-10-6-7-11-23(20)33(16)26/h3-15,25,28H,1-2H3,(H,30,34). The summed E-state index contributed by atoms with van der Waals surface area (Å²) in [6.45, 7) is 1.89. The zero-order chi connectivity index (χ0) is 23.9. The van der Waals surface area contributed by atoms with E-state index in [9.17, 15) is 4.79 Å². The maximum atomic E-state index is 13.4. The van der Waals surface area contributed by atoms with E-state index >= 15 is 0 Å². The second kappa shape index (κ2) is 8.25. The number of rotatable bonds is 4. The van der Waals surface area contributed by atoms with Crippen LogP contribution in [0.3, 0.4) is 0 Å². The number of amides is 1. The average molecular weight is 463 g/mol. The molecule has 35 heavy (non-hydrogen) atoms. The van der Waals surface area contributed by atoms with Gasteiger partial charge in [0.25, 0.3) is 5.91 Å². The molecule has 1 aliphatic heterocycles. The van der Waals surface area contributed by atoms with Gasteiger partial charge >= 0.3 is 0 Å². The van der Waals surface area contributed by atoms with Gasteiger partial charge < -0.3 is 15.0 Å². The summed E-state index contributed by atoms with van der Waals surface area (Å²) in [5.74, 6) is 1.69. The SMILES string of the molecule is COc1ccc2cc(C(=O)NC3N=C(c4ccccc4)c4ccccc4-n4c(C)nnc43)[nH]c2c1. The number of hydrogen-bond acceptors (Lipinski definition) is 5. The van der Waals surface area contributed by atoms with Crippen LogP contribution in [0.5, 0.6) is 5.75 Å². The van der Waals surface area contributed by atoms with Crippen molar-refractivity contribution in [2.75, 3.05) is 7.11 Å². The van der Waals surface area contributed by atoms with Gasteiger partial charge in [0.15, 0.2) is 12.0 Å². The molecule has 1 aliphatic rings. The number of nitrogens with one attached hydrogen (secondary N) is 2. The molecule has 2 aromatic heterocycles. The second-order valence-electron chi connectivity index (χ2n) is 8.31. The van der Waals surface area contributed by atoms with Crippen molar-refractivity contribution < 1.29 is 9.53 Å². The molecule has 0 bridgehead atoms. The Hall–Kier alpha value is -4.72. The minimum absolute atomic E-state index is 0.292. The number of methoxy groups -OCH3 is 1. The molecule has 1 amide bonds. The maximum Gasteiger partial charge on any atom is 0.269 e. The normalized spacial score (nSPS) is 14.6. The number of carbonyl (C=O) groups excluding carboxylic acids is 1. The Morgan fingerprint density at radius 1 is 1.00 bits per heavy atom. The molecule has 2 N–H and O–H groups in total. The van der Waals surface area contributed by atoms with Gasteiger partial charge in [-0.2, -0.15) is 0 Å². The highest BCUT2D eigenvalue weighted by Gasteiger charge is 2.29. The van der Waals surface area contributed by atoms with Crippen molar-refractivity contribution in [2.24, 2.45) is 4.99 Å². The van der Waals surface area contributed by atoms with E-state index < -0.39 is 6.17 Å². The summed E-state index contributed by atoms with van der Waals surface area (Å²) < 4.78 is 7.25. The van der Waals surface area contributed by atoms with E-state index in [0.29, 0.717) is 23.1 Å². The number of aromatic amines is 1. The van der Waals surface area contributed by atoms with Gasteiger partial charge in [-0.1, -0.05) is 48.5 Å². The van der Waals surface area contributed by atoms with Gasteiger partial charge in [0.05, 0.1) is 18.5 Å². The van der Waals surface area contributed by atoms with E-state index in [1.165, 1.54) is 0 Å². The Kier molecular flexibility index (Phi) is 4.92. The quantitative estimate of drug-likeness (QED) is 0.415. The van der Waals surface area contributed by atoms with Crippen LogP contribution >= 0.6 is 0 Å². The van der Waals surface area contributed by atoms with E-state index in [1.807, 2.05) is 90.4 Å². The third kappa shape index (κ3) is 3.56. The van der Waals surface area contributed by atoms with E-state index in [0.717, 1.165) is 33.4 Å². The summed E-state index contributed by atoms with van der Waals surface area (Å²) in [6, 6.07) is 25.4. The molecule has 3 aromatic carbocycles. The molecular formula is C27H22N6O2. The van der Waals surface area contributed by atoms with Gasteiger partial charge in [-0.15, -0.1) is 10.2 Å². The number of fused-ring (bicyclic) bond motifs is 4. The largest absolute Gasteiger partial charge is 0.497 e. The summed E-state index contributed by atoms with van der Waals surface area (Å²) in [4.78, 5) is 21.6. The van der Waals surface area contributed by atoms with Crippen LogP contribution in [-0.4, -0.2) is 38.5 Å². The number of aliphatic imine (C=N–C) groups is 1. The van der Waals surface area contributed by atoms with Gasteiger partial charge in [-0.05, 0) is 31.2 Å². The van der Waals surface area contributed by atoms with Crippen LogP contribution in [0.1, 0.15) is 39.4 Å². The lowest BCUT2D eigenvalue weighted by Gasteiger charge is -2.14. The van der Waals surface area contributed by atoms with Crippen LogP contribution in [0.25, 0.3) is 16.6 Å². The lowest BCUT2D eigenvalue weighted by Crippen LogP contribution is -2.29. The predicted molar refractivity (Wildman–Crippen MR) is 133 cm³/mol. The number of H-pyrrole nitrogens is 1. The fourth-order valence-electron chi connectivity index (χ4n) is 4.46. The van der Waals surface area contributed by atoms with Crippen molar-refractivity contribution >= 4 is 22.5 Å². The molecule has 6 rings (SSSR count). The van der Waals surface area contributed by atoms with Crippen LogP contribution in [-0.2, 0) is 0 Å². The first-order valence-corrected chi connectivity index (χ1v) is 11.2. The molecule has 0 saturated heterocycles. The fraction of sp³-hybridized carbons (Fsp3) is 0.111. The smallest absolute Gasteiger partial charge is 0.269 e. The van der Waals surface area contributed by atoms with Gasteiger partial charge in [0, 0.05) is 28.1 Å². The number of para-hydroxylation sites is 1. The maximum absolute atomic E-state index is 13.4. The van der Waals surface area contributed by atoms with Crippen LogP contribution in [0.4, 0.5) is 0 Å². The minimum Gasteiger partial charge on any atom is -0.497 e. The van der Waals surface area contributed by atoms with Crippen molar-refractivity contribution in [3.63, 3.8) is 0 Å². The molecule has 3 heterocycles. The Bertz CT molecular complexity index is 1600. The molecule has 0 radical (unpaired) electrons. The second-order valence-corrected chi connectivity index (χ2v) is 8.31. The van der Waals surface area contributed by atoms with Gasteiger partial charge in [0.2, 0.25) is 0 Å². The highest BCUT2D eigenvalue weighted by molar-refractivity contribution is 6.15. The summed E-state index contributed by atoms with van der Waals surface area (Å²) >= 11 is 0. The van der Waals surface area contributed by atoms with Crippen molar-refractivity contribution in [3.8, 4) is 11.4 Å². The van der Waals surface area contributed by atoms with Gasteiger partial charge in [-0.25, -0.2) is 0 Å². The van der Waals surface area contributed by atoms with E-state index in [4.69, 9.17) is 9.73 Å². The fourth-order valence-corrected chi connectivity index (χ4v) is 4.46. The molecule has 0 fully saturated rings. The Labute approximate surface area is 201 Å². The molecule has 0 saturated carbocycles. The molecule has 1 atom stereocenters. The lowest BCUT2D eigenvalue weighted by atomic mass is 10.0. The monoisotopic (exact) mass is 462 g/mol. The third-order valence-electron chi connectivity index (χ3n) is 6.14. The number of nitrogens with zero attached hydrogens (tertiary/aromatic N) is 4. The van der Waals surface area contributed by atoms with E-state index in [1.54, 1.807) is 7.11 Å². The van der Waals surface area contributed by atoms with Gasteiger partial charge in [-0.3, -0.25) is 14.4 Å². The van der Waals surface area contributed by atoms with Crippen LogP contribution in [0, 0.1) is 6.92 Å². The number of aromatic nitrogens is 4. The Morgan fingerprint density at radius 2 is 1.80 bits per heavy atom. The molecule has 0 spiro atoms. The van der Waals surface area contributed by atoms with Crippen LogP contribution in [0.2, 0.25) is 0 Å². The highest BCUT2D eigenvalue weighted by atomic mass is 16.5. The third-order valence-corrected chi connectivity index (χ3v) is 6.14. The van der Waals surface area contributed by atoms with Crippen LogP contribution in [0.15, 0.2) is 83.9 Å². The number of aryl methyl sites for hydroxylation is 1. The lowest BCUT2D eigenvalue weighted by molar-refractivity contribution is 0.0932. The number of benzene rings is 3. The Balaban J connectivity index is 1.46. The van der Waals surface area contributed by atoms with Crippen LogP contribution < -0.4 is 10.1 Å². The zero-order valence-electron chi connectivity index (χ0n) is 19.2. The first-order valence-electron chi connectivity index (χ1n) is 11.2. The highest BCUT2D eigenvalue weighted by Crippen LogP contribution is 2.30. The molecule has 5 aromatic rings. The summed E-state index contributed by atoms with van der Waals surface area (Å²) in [5, 5.41) is 12.7. The van der Waals surface area contributed by atoms with Crippen molar-refractivity contribution in [1.29, 1.82) is 0 Å². The van der Waals surface area contributed by atoms with Crippen molar-refractivity contribution in [2.45, 2.75) is 13.1 Å². The Morgan fingerprint density at radius 3 is 2.63 bits per heavy atom. The molecule has 8 heteroatoms. The topological polar surface area (TPSA) is 97.2 Å². The molecule has 0 aliphatic carbocycles. The number of ether oxygens (including phenoxy) is 1. The van der Waals surface area contributed by atoms with Crippen molar-refractivity contribution in [3.05, 3.63) is 107 Å². The molecule has 8 nitrogen and oxygen atoms in total. The van der Waals surface area contributed by atoms with E-state index in [-0.39, 0.29) is 5.91 Å². The minimum atomic E-state index is -0.743. The van der Waals surface area contributed by atoms with Crippen molar-refractivity contribution in [1.82, 2.24) is 25.1 Å². The summed E-state index contributed by atoms with van der Waals surface area (Å²) in [7, 11) is 1.61. The molecular weight excluding hydrogens is 440 g/mol. The first-order chi connectivity index (χ1) is 17.1. The number of hydrogen-bond donors (Lipinski definition) is 2. The zero-order valence-corrected chi connectivity index (χ0v) is 19.2. The predicted octanol–water partition coefficient (Wildman–Crippen LogP) is 4.35.